The average Bonchev–Trinajstić information content (AvgIpc) is 3.38. The average molecular weight is 486 g/mol. The minimum absolute atomic E-state index is 0.0269. The maximum atomic E-state index is 13.3. The van der Waals surface area contributed by atoms with E-state index in [0.717, 1.165) is 16.3 Å². The predicted molar refractivity (Wildman–Crippen MR) is 130 cm³/mol. The summed E-state index contributed by atoms with van der Waals surface area (Å²) in [5.74, 6) is 0.0662. The van der Waals surface area contributed by atoms with E-state index >= 15 is 0 Å². The van der Waals surface area contributed by atoms with E-state index in [-0.39, 0.29) is 13.2 Å². The molecular weight excluding hydrogens is 462 g/mol. The smallest absolute Gasteiger partial charge is 0.338 e. The first kappa shape index (κ1) is 23.0. The van der Waals surface area contributed by atoms with Crippen LogP contribution in [0.2, 0.25) is 0 Å². The first-order valence-electron chi connectivity index (χ1n) is 11.3. The van der Waals surface area contributed by atoms with Crippen LogP contribution in [-0.2, 0) is 14.3 Å². The number of methoxy groups -OCH3 is 1. The molecule has 1 N–H and O–H groups in total. The van der Waals surface area contributed by atoms with E-state index in [1.165, 1.54) is 7.11 Å². The highest BCUT2D eigenvalue weighted by Gasteiger charge is 2.35. The van der Waals surface area contributed by atoms with Crippen LogP contribution in [0.15, 0.2) is 78.0 Å². The molecule has 182 valence electrons. The molecule has 0 spiro atoms. The van der Waals surface area contributed by atoms with Crippen LogP contribution in [0.25, 0.3) is 10.8 Å². The molecule has 0 bridgehead atoms. The molecular formula is C26H23N5O5. The third-order valence-electron chi connectivity index (χ3n) is 5.91. The number of aromatic nitrogens is 4. The lowest BCUT2D eigenvalue weighted by Crippen LogP contribution is -2.30. The van der Waals surface area contributed by atoms with Crippen molar-refractivity contribution < 1.29 is 23.8 Å². The molecule has 1 aliphatic heterocycles. The number of rotatable bonds is 7. The summed E-state index contributed by atoms with van der Waals surface area (Å²) in [6, 6.07) is 19.8. The summed E-state index contributed by atoms with van der Waals surface area (Å²) in [4.78, 5) is 24.9. The van der Waals surface area contributed by atoms with Crippen LogP contribution in [-0.4, -0.2) is 52.5 Å². The topological polar surface area (TPSA) is 117 Å². The summed E-state index contributed by atoms with van der Waals surface area (Å²) < 4.78 is 17.5. The molecule has 0 radical (unpaired) electrons. The van der Waals surface area contributed by atoms with Crippen LogP contribution in [0.4, 0.5) is 5.95 Å². The zero-order valence-electron chi connectivity index (χ0n) is 19.7. The number of hydrogen-bond donors (Lipinski definition) is 1. The standard InChI is InChI=1S/C26H23N5O5/c1-16-22(25(33)36-15-14-35-19-12-10-18(11-13-19)24(32)34-2)23(31-26(27-16)28-29-30-31)21-9-5-7-17-6-3-4-8-20(17)21/h3-13,23H,14-15H2,1-2H3,(H,27,28,30). The van der Waals surface area contributed by atoms with Crippen molar-refractivity contribution in [3.63, 3.8) is 0 Å². The third kappa shape index (κ3) is 4.36. The molecule has 1 aliphatic rings. The summed E-state index contributed by atoms with van der Waals surface area (Å²) in [6.45, 7) is 1.96. The van der Waals surface area contributed by atoms with Gasteiger partial charge in [0.2, 0.25) is 5.95 Å². The van der Waals surface area contributed by atoms with Crippen molar-refractivity contribution in [2.24, 2.45) is 0 Å². The van der Waals surface area contributed by atoms with Gasteiger partial charge in [-0.3, -0.25) is 0 Å². The van der Waals surface area contributed by atoms with Gasteiger partial charge in [0, 0.05) is 5.70 Å². The Morgan fingerprint density at radius 1 is 0.972 bits per heavy atom. The van der Waals surface area contributed by atoms with Gasteiger partial charge in [-0.2, -0.15) is 4.68 Å². The van der Waals surface area contributed by atoms with Crippen molar-refractivity contribution in [2.45, 2.75) is 13.0 Å². The number of fused-ring (bicyclic) bond motifs is 2. The van der Waals surface area contributed by atoms with Crippen molar-refractivity contribution in [3.8, 4) is 5.75 Å². The molecule has 0 saturated carbocycles. The van der Waals surface area contributed by atoms with Gasteiger partial charge in [-0.15, -0.1) is 0 Å². The Morgan fingerprint density at radius 2 is 1.75 bits per heavy atom. The quantitative estimate of drug-likeness (QED) is 0.310. The molecule has 3 aromatic carbocycles. The van der Waals surface area contributed by atoms with Crippen molar-refractivity contribution in [1.29, 1.82) is 0 Å². The number of ether oxygens (including phenoxy) is 3. The zero-order chi connectivity index (χ0) is 25.1. The maximum absolute atomic E-state index is 13.3. The zero-order valence-corrected chi connectivity index (χ0v) is 19.7. The number of allylic oxidation sites excluding steroid dienone is 1. The largest absolute Gasteiger partial charge is 0.490 e. The molecule has 4 aromatic rings. The van der Waals surface area contributed by atoms with Crippen LogP contribution in [0.5, 0.6) is 5.75 Å². The summed E-state index contributed by atoms with van der Waals surface area (Å²) in [7, 11) is 1.32. The summed E-state index contributed by atoms with van der Waals surface area (Å²) in [6.07, 6.45) is 0. The lowest BCUT2D eigenvalue weighted by atomic mass is 9.91. The first-order chi connectivity index (χ1) is 17.6. The number of tetrazole rings is 1. The molecule has 5 rings (SSSR count). The first-order valence-corrected chi connectivity index (χ1v) is 11.3. The lowest BCUT2D eigenvalue weighted by Gasteiger charge is -2.28. The van der Waals surface area contributed by atoms with Crippen LogP contribution in [0.1, 0.15) is 28.9 Å². The van der Waals surface area contributed by atoms with E-state index < -0.39 is 18.0 Å². The van der Waals surface area contributed by atoms with Gasteiger partial charge in [-0.1, -0.05) is 47.6 Å². The predicted octanol–water partition coefficient (Wildman–Crippen LogP) is 3.52. The second-order valence-electron chi connectivity index (χ2n) is 8.08. The molecule has 2 heterocycles. The Balaban J connectivity index is 1.33. The van der Waals surface area contributed by atoms with E-state index in [2.05, 4.69) is 25.6 Å². The lowest BCUT2D eigenvalue weighted by molar-refractivity contribution is -0.140. The van der Waals surface area contributed by atoms with Gasteiger partial charge in [0.15, 0.2) is 0 Å². The SMILES string of the molecule is COC(=O)c1ccc(OCCOC(=O)C2=C(C)Nc3nnnn3C2c2cccc3ccccc23)cc1. The molecule has 1 unspecified atom stereocenters. The molecule has 36 heavy (non-hydrogen) atoms. The number of hydrogen-bond acceptors (Lipinski definition) is 9. The second kappa shape index (κ2) is 9.87. The van der Waals surface area contributed by atoms with Gasteiger partial charge in [0.25, 0.3) is 0 Å². The molecule has 10 nitrogen and oxygen atoms in total. The number of esters is 2. The molecule has 0 fully saturated rings. The number of carbonyl (C=O) groups excluding carboxylic acids is 2. The highest BCUT2D eigenvalue weighted by atomic mass is 16.6. The fourth-order valence-electron chi connectivity index (χ4n) is 4.23. The Hall–Kier alpha value is -4.73. The van der Waals surface area contributed by atoms with Gasteiger partial charge in [0.1, 0.15) is 25.0 Å². The summed E-state index contributed by atoms with van der Waals surface area (Å²) in [5, 5.41) is 17.1. The number of carbonyl (C=O) groups is 2. The van der Waals surface area contributed by atoms with E-state index in [4.69, 9.17) is 9.47 Å². The third-order valence-corrected chi connectivity index (χ3v) is 5.91. The van der Waals surface area contributed by atoms with Crippen LogP contribution in [0.3, 0.4) is 0 Å². The summed E-state index contributed by atoms with van der Waals surface area (Å²) >= 11 is 0. The number of benzene rings is 3. The van der Waals surface area contributed by atoms with Gasteiger partial charge in [0.05, 0.1) is 18.2 Å². The molecule has 1 aromatic heterocycles. The molecule has 1 atom stereocenters. The van der Waals surface area contributed by atoms with Gasteiger partial charge < -0.3 is 19.5 Å². The monoisotopic (exact) mass is 485 g/mol. The molecule has 0 saturated heterocycles. The Morgan fingerprint density at radius 3 is 2.56 bits per heavy atom. The molecule has 0 aliphatic carbocycles. The fourth-order valence-corrected chi connectivity index (χ4v) is 4.23. The van der Waals surface area contributed by atoms with Crippen LogP contribution in [0, 0.1) is 0 Å². The van der Waals surface area contributed by atoms with Gasteiger partial charge in [-0.25, -0.2) is 9.59 Å². The number of nitrogens with zero attached hydrogens (tertiary/aromatic N) is 4. The van der Waals surface area contributed by atoms with Crippen LogP contribution < -0.4 is 10.1 Å². The second-order valence-corrected chi connectivity index (χ2v) is 8.08. The molecule has 10 heteroatoms. The highest BCUT2D eigenvalue weighted by Crippen LogP contribution is 2.37. The van der Waals surface area contributed by atoms with Crippen molar-refractivity contribution in [3.05, 3.63) is 89.1 Å². The Kier molecular flexibility index (Phi) is 6.31. The Labute approximate surface area is 206 Å². The van der Waals surface area contributed by atoms with Crippen molar-refractivity contribution in [1.82, 2.24) is 20.2 Å². The van der Waals surface area contributed by atoms with E-state index in [1.54, 1.807) is 35.9 Å². The normalized spacial score (nSPS) is 14.7. The van der Waals surface area contributed by atoms with Gasteiger partial charge in [-0.05, 0) is 58.0 Å². The number of anilines is 1. The number of nitrogens with one attached hydrogen (secondary N) is 1. The van der Waals surface area contributed by atoms with Gasteiger partial charge >= 0.3 is 11.9 Å². The van der Waals surface area contributed by atoms with E-state index in [0.29, 0.717) is 28.5 Å². The Bertz CT molecular complexity index is 1460. The van der Waals surface area contributed by atoms with E-state index in [9.17, 15) is 9.59 Å². The highest BCUT2D eigenvalue weighted by molar-refractivity contribution is 5.95. The minimum Gasteiger partial charge on any atom is -0.490 e. The van der Waals surface area contributed by atoms with Crippen molar-refractivity contribution in [2.75, 3.05) is 25.6 Å². The van der Waals surface area contributed by atoms with Crippen molar-refractivity contribution >= 4 is 28.7 Å². The minimum atomic E-state index is -0.568. The summed E-state index contributed by atoms with van der Waals surface area (Å²) in [5.41, 5.74) is 2.33. The fraction of sp³-hybridized carbons (Fsp3) is 0.192. The van der Waals surface area contributed by atoms with E-state index in [1.807, 2.05) is 42.5 Å². The molecule has 0 amide bonds. The van der Waals surface area contributed by atoms with Crippen LogP contribution >= 0.6 is 0 Å². The maximum Gasteiger partial charge on any atom is 0.338 e.